The third-order valence-electron chi connectivity index (χ3n) is 9.47. The second-order valence-corrected chi connectivity index (χ2v) is 11.7. The Morgan fingerprint density at radius 2 is 1.82 bits per heavy atom. The highest BCUT2D eigenvalue weighted by Gasteiger charge is 2.59. The summed E-state index contributed by atoms with van der Waals surface area (Å²) >= 11 is 0. The van der Waals surface area contributed by atoms with Crippen molar-refractivity contribution in [3.8, 4) is 0 Å². The molecule has 192 valence electrons. The Kier molecular flexibility index (Phi) is 6.92. The summed E-state index contributed by atoms with van der Waals surface area (Å²) in [5.41, 5.74) is 1.01. The molecule has 4 aliphatic rings. The van der Waals surface area contributed by atoms with Gasteiger partial charge in [0.25, 0.3) is 0 Å². The molecule has 0 aromatic heterocycles. The standard InChI is InChI=1S/C26H40O8/c1-5-24(2)8-6-15-14(11-24)16(28)10-18-25(15,3)9-7-19(29)26(18,4)13-33-23-22(32)21(31)20(30)17(12-27)34-23/h5,17-23,27,29-32H,1,6-13H2,2-4H3/t17?,18?,19-,20+,21?,22?,23+,24-,25+,26?/m0/s1. The zero-order chi connectivity index (χ0) is 25.1. The van der Waals surface area contributed by atoms with Crippen LogP contribution in [0.25, 0.3) is 0 Å². The first kappa shape index (κ1) is 25.9. The molecule has 5 unspecified atom stereocenters. The van der Waals surface area contributed by atoms with E-state index in [1.54, 1.807) is 0 Å². The van der Waals surface area contributed by atoms with Gasteiger partial charge in [0.1, 0.15) is 24.4 Å². The Morgan fingerprint density at radius 1 is 1.12 bits per heavy atom. The fraction of sp³-hybridized carbons (Fsp3) is 0.808. The second kappa shape index (κ2) is 9.07. The summed E-state index contributed by atoms with van der Waals surface area (Å²) in [6.07, 6.45) is -1.48. The summed E-state index contributed by atoms with van der Waals surface area (Å²) in [4.78, 5) is 13.4. The van der Waals surface area contributed by atoms with Crippen LogP contribution in [0.5, 0.6) is 0 Å². The van der Waals surface area contributed by atoms with Crippen molar-refractivity contribution in [2.75, 3.05) is 13.2 Å². The van der Waals surface area contributed by atoms with E-state index in [4.69, 9.17) is 9.47 Å². The fourth-order valence-corrected chi connectivity index (χ4v) is 6.92. The fourth-order valence-electron chi connectivity index (χ4n) is 6.92. The average Bonchev–Trinajstić information content (AvgIpc) is 2.82. The lowest BCUT2D eigenvalue weighted by Gasteiger charge is -2.59. The van der Waals surface area contributed by atoms with Crippen LogP contribution in [0.15, 0.2) is 23.8 Å². The van der Waals surface area contributed by atoms with Crippen LogP contribution < -0.4 is 0 Å². The molecule has 1 saturated carbocycles. The van der Waals surface area contributed by atoms with Gasteiger partial charge in [-0.1, -0.05) is 32.4 Å². The van der Waals surface area contributed by atoms with Crippen molar-refractivity contribution >= 4 is 5.78 Å². The molecule has 0 amide bonds. The minimum absolute atomic E-state index is 0.00260. The van der Waals surface area contributed by atoms with Crippen molar-refractivity contribution in [3.05, 3.63) is 23.8 Å². The van der Waals surface area contributed by atoms with Crippen LogP contribution in [-0.2, 0) is 14.3 Å². The van der Waals surface area contributed by atoms with Crippen LogP contribution in [0, 0.1) is 22.2 Å². The number of aliphatic hydroxyl groups excluding tert-OH is 5. The van der Waals surface area contributed by atoms with Crippen molar-refractivity contribution in [3.63, 3.8) is 0 Å². The van der Waals surface area contributed by atoms with Gasteiger partial charge in [-0.2, -0.15) is 0 Å². The van der Waals surface area contributed by atoms with Crippen LogP contribution >= 0.6 is 0 Å². The zero-order valence-electron chi connectivity index (χ0n) is 20.4. The third-order valence-corrected chi connectivity index (χ3v) is 9.47. The first-order chi connectivity index (χ1) is 15.9. The van der Waals surface area contributed by atoms with Gasteiger partial charge < -0.3 is 35.0 Å². The Morgan fingerprint density at radius 3 is 2.47 bits per heavy atom. The van der Waals surface area contributed by atoms with Crippen molar-refractivity contribution in [2.24, 2.45) is 22.2 Å². The molecule has 1 aliphatic heterocycles. The van der Waals surface area contributed by atoms with Gasteiger partial charge in [0.15, 0.2) is 12.1 Å². The monoisotopic (exact) mass is 480 g/mol. The maximum atomic E-state index is 13.4. The molecule has 34 heavy (non-hydrogen) atoms. The van der Waals surface area contributed by atoms with E-state index < -0.39 is 48.8 Å². The molecule has 0 radical (unpaired) electrons. The lowest BCUT2D eigenvalue weighted by Crippen LogP contribution is -2.61. The van der Waals surface area contributed by atoms with Gasteiger partial charge in [-0.25, -0.2) is 0 Å². The molecule has 0 spiro atoms. The second-order valence-electron chi connectivity index (χ2n) is 11.7. The summed E-state index contributed by atoms with van der Waals surface area (Å²) in [6.45, 7) is 9.70. The molecule has 0 bridgehead atoms. The Hall–Kier alpha value is -1.13. The molecule has 0 aromatic carbocycles. The van der Waals surface area contributed by atoms with E-state index in [1.807, 2.05) is 13.0 Å². The molecule has 3 aliphatic carbocycles. The first-order valence-electron chi connectivity index (χ1n) is 12.4. The normalized spacial score (nSPS) is 49.4. The smallest absolute Gasteiger partial charge is 0.186 e. The summed E-state index contributed by atoms with van der Waals surface area (Å²) in [7, 11) is 0. The number of Topliss-reactive ketones (excluding diaryl/α,β-unsaturated/α-hetero) is 1. The molecule has 5 N–H and O–H groups in total. The Balaban J connectivity index is 1.59. The van der Waals surface area contributed by atoms with Gasteiger partial charge in [-0.3, -0.25) is 4.79 Å². The molecule has 1 heterocycles. The maximum Gasteiger partial charge on any atom is 0.186 e. The third kappa shape index (κ3) is 4.01. The van der Waals surface area contributed by atoms with Gasteiger partial charge in [-0.15, -0.1) is 6.58 Å². The van der Waals surface area contributed by atoms with Gasteiger partial charge in [0.05, 0.1) is 19.3 Å². The molecule has 1 saturated heterocycles. The van der Waals surface area contributed by atoms with Crippen molar-refractivity contribution < 1.29 is 39.8 Å². The van der Waals surface area contributed by atoms with Crippen LogP contribution in [0.2, 0.25) is 0 Å². The molecule has 8 heteroatoms. The quantitative estimate of drug-likeness (QED) is 0.371. The molecule has 8 nitrogen and oxygen atoms in total. The highest BCUT2D eigenvalue weighted by Crippen LogP contribution is 2.62. The number of rotatable bonds is 5. The zero-order valence-corrected chi connectivity index (χ0v) is 20.4. The molecule has 10 atom stereocenters. The summed E-state index contributed by atoms with van der Waals surface area (Å²) < 4.78 is 11.4. The predicted octanol–water partition coefficient (Wildman–Crippen LogP) is 1.23. The average molecular weight is 481 g/mol. The first-order valence-corrected chi connectivity index (χ1v) is 12.4. The lowest BCUT2D eigenvalue weighted by atomic mass is 9.46. The summed E-state index contributed by atoms with van der Waals surface area (Å²) in [5.74, 6) is -0.0358. The van der Waals surface area contributed by atoms with Crippen LogP contribution in [0.1, 0.15) is 59.3 Å². The summed E-state index contributed by atoms with van der Waals surface area (Å²) in [6, 6.07) is 0. The van der Waals surface area contributed by atoms with Crippen LogP contribution in [-0.4, -0.2) is 81.3 Å². The molecular weight excluding hydrogens is 440 g/mol. The number of allylic oxidation sites excluding steroid dienone is 3. The number of carbonyl (C=O) groups excluding carboxylic acids is 1. The predicted molar refractivity (Wildman–Crippen MR) is 123 cm³/mol. The van der Waals surface area contributed by atoms with Crippen LogP contribution in [0.3, 0.4) is 0 Å². The van der Waals surface area contributed by atoms with Gasteiger partial charge in [-0.05, 0) is 54.4 Å². The number of carbonyl (C=O) groups is 1. The minimum atomic E-state index is -1.53. The number of hydrogen-bond acceptors (Lipinski definition) is 8. The number of aliphatic hydroxyl groups is 5. The van der Waals surface area contributed by atoms with E-state index in [0.717, 1.165) is 24.8 Å². The maximum absolute atomic E-state index is 13.4. The topological polar surface area (TPSA) is 137 Å². The summed E-state index contributed by atoms with van der Waals surface area (Å²) in [5, 5.41) is 51.1. The van der Waals surface area contributed by atoms with Crippen molar-refractivity contribution in [1.29, 1.82) is 0 Å². The largest absolute Gasteiger partial charge is 0.394 e. The van der Waals surface area contributed by atoms with E-state index in [1.165, 1.54) is 5.57 Å². The molecule has 4 rings (SSSR count). The Labute approximate surface area is 201 Å². The number of ketones is 1. The van der Waals surface area contributed by atoms with E-state index in [0.29, 0.717) is 19.3 Å². The van der Waals surface area contributed by atoms with E-state index in [9.17, 15) is 30.3 Å². The minimum Gasteiger partial charge on any atom is -0.394 e. The molecule has 2 fully saturated rings. The van der Waals surface area contributed by atoms with Crippen molar-refractivity contribution in [1.82, 2.24) is 0 Å². The SMILES string of the molecule is C=C[C@@]1(C)CCC2=C(C1)C(=O)CC1C(C)(CO[C@@H]3OC(CO)[C@@H](O)C(O)C3O)[C@@H](O)CC[C@]21C. The number of ether oxygens (including phenoxy) is 2. The van der Waals surface area contributed by atoms with Gasteiger partial charge in [0.2, 0.25) is 0 Å². The van der Waals surface area contributed by atoms with Crippen LogP contribution in [0.4, 0.5) is 0 Å². The van der Waals surface area contributed by atoms with E-state index >= 15 is 0 Å². The Bertz CT molecular complexity index is 854. The van der Waals surface area contributed by atoms with E-state index in [-0.39, 0.29) is 29.1 Å². The molecular formula is C26H40O8. The molecule has 0 aromatic rings. The lowest BCUT2D eigenvalue weighted by molar-refractivity contribution is -0.311. The van der Waals surface area contributed by atoms with Gasteiger partial charge >= 0.3 is 0 Å². The van der Waals surface area contributed by atoms with E-state index in [2.05, 4.69) is 20.4 Å². The highest BCUT2D eigenvalue weighted by molar-refractivity contribution is 5.98. The van der Waals surface area contributed by atoms with Crippen molar-refractivity contribution in [2.45, 2.75) is 96.1 Å². The highest BCUT2D eigenvalue weighted by atomic mass is 16.7. The number of hydrogen-bond donors (Lipinski definition) is 5. The van der Waals surface area contributed by atoms with Gasteiger partial charge in [0, 0.05) is 11.8 Å². The number of fused-ring (bicyclic) bond motifs is 2.